The summed E-state index contributed by atoms with van der Waals surface area (Å²) in [6, 6.07) is 9.59. The highest BCUT2D eigenvalue weighted by molar-refractivity contribution is 5.82. The van der Waals surface area contributed by atoms with E-state index in [-0.39, 0.29) is 11.3 Å². The van der Waals surface area contributed by atoms with Gasteiger partial charge < -0.3 is 10.6 Å². The molecule has 1 aromatic rings. The van der Waals surface area contributed by atoms with Gasteiger partial charge >= 0.3 is 0 Å². The van der Waals surface area contributed by atoms with Crippen molar-refractivity contribution in [1.82, 2.24) is 4.90 Å². The molecule has 0 saturated heterocycles. The van der Waals surface area contributed by atoms with E-state index in [1.807, 2.05) is 56.0 Å². The third-order valence-electron chi connectivity index (χ3n) is 3.22. The van der Waals surface area contributed by atoms with Crippen molar-refractivity contribution >= 4 is 5.91 Å². The first-order valence-electron chi connectivity index (χ1n) is 6.94. The van der Waals surface area contributed by atoms with Gasteiger partial charge in [0.05, 0.1) is 6.04 Å². The normalized spacial score (nSPS) is 13.1. The molecule has 3 nitrogen and oxygen atoms in total. The lowest BCUT2D eigenvalue weighted by molar-refractivity contribution is -0.135. The van der Waals surface area contributed by atoms with E-state index in [4.69, 9.17) is 5.73 Å². The zero-order chi connectivity index (χ0) is 14.5. The van der Waals surface area contributed by atoms with Gasteiger partial charge in [-0.25, -0.2) is 0 Å². The van der Waals surface area contributed by atoms with E-state index in [0.29, 0.717) is 6.54 Å². The van der Waals surface area contributed by atoms with Gasteiger partial charge in [-0.1, -0.05) is 58.0 Å². The summed E-state index contributed by atoms with van der Waals surface area (Å²) in [6.07, 6.45) is 0.940. The van der Waals surface area contributed by atoms with Gasteiger partial charge in [-0.05, 0) is 17.4 Å². The fourth-order valence-corrected chi connectivity index (χ4v) is 1.91. The van der Waals surface area contributed by atoms with Gasteiger partial charge in [-0.15, -0.1) is 0 Å². The summed E-state index contributed by atoms with van der Waals surface area (Å²) in [4.78, 5) is 14.4. The van der Waals surface area contributed by atoms with Gasteiger partial charge in [0.25, 0.3) is 0 Å². The van der Waals surface area contributed by atoms with Crippen LogP contribution in [0.5, 0.6) is 0 Å². The van der Waals surface area contributed by atoms with Crippen molar-refractivity contribution in [2.24, 2.45) is 11.1 Å². The number of rotatable bonds is 5. The Kier molecular flexibility index (Phi) is 5.55. The minimum absolute atomic E-state index is 0.0400. The Balaban J connectivity index is 2.80. The first-order valence-corrected chi connectivity index (χ1v) is 6.94. The first-order chi connectivity index (χ1) is 8.86. The smallest absolute Gasteiger partial charge is 0.240 e. The molecule has 0 spiro atoms. The van der Waals surface area contributed by atoms with E-state index < -0.39 is 6.04 Å². The Bertz CT molecular complexity index is 395. The molecule has 0 bridgehead atoms. The topological polar surface area (TPSA) is 46.3 Å². The van der Waals surface area contributed by atoms with Crippen molar-refractivity contribution in [3.05, 3.63) is 35.9 Å². The Labute approximate surface area is 116 Å². The highest BCUT2D eigenvalue weighted by Crippen LogP contribution is 2.20. The van der Waals surface area contributed by atoms with Gasteiger partial charge in [0, 0.05) is 13.1 Å². The summed E-state index contributed by atoms with van der Waals surface area (Å²) in [5, 5.41) is 0. The van der Waals surface area contributed by atoms with Crippen LogP contribution in [0.4, 0.5) is 0 Å². The lowest BCUT2D eigenvalue weighted by Crippen LogP contribution is -2.50. The molecule has 1 unspecified atom stereocenters. The summed E-state index contributed by atoms with van der Waals surface area (Å²) in [7, 11) is 0. The van der Waals surface area contributed by atoms with Crippen molar-refractivity contribution in [3.63, 3.8) is 0 Å². The molecule has 19 heavy (non-hydrogen) atoms. The summed E-state index contributed by atoms with van der Waals surface area (Å²) in [6.45, 7) is 9.47. The van der Waals surface area contributed by atoms with Crippen LogP contribution in [-0.4, -0.2) is 23.4 Å². The van der Waals surface area contributed by atoms with Crippen LogP contribution in [0, 0.1) is 5.41 Å². The van der Waals surface area contributed by atoms with Gasteiger partial charge in [0.1, 0.15) is 0 Å². The Morgan fingerprint density at radius 1 is 1.26 bits per heavy atom. The average molecular weight is 262 g/mol. The number of hydrogen-bond donors (Lipinski definition) is 1. The summed E-state index contributed by atoms with van der Waals surface area (Å²) < 4.78 is 0. The predicted octanol–water partition coefficient (Wildman–Crippen LogP) is 2.80. The average Bonchev–Trinajstić information content (AvgIpc) is 2.36. The maximum absolute atomic E-state index is 12.5. The van der Waals surface area contributed by atoms with Crippen molar-refractivity contribution in [2.75, 3.05) is 6.54 Å². The van der Waals surface area contributed by atoms with E-state index in [9.17, 15) is 4.79 Å². The summed E-state index contributed by atoms with van der Waals surface area (Å²) >= 11 is 0. The van der Waals surface area contributed by atoms with Gasteiger partial charge in [0.2, 0.25) is 5.91 Å². The van der Waals surface area contributed by atoms with Gasteiger partial charge in [-0.3, -0.25) is 4.79 Å². The SMILES string of the molecule is CCCN(Cc1ccccc1)C(=O)C(N)C(C)(C)C. The van der Waals surface area contributed by atoms with Crippen LogP contribution in [0.2, 0.25) is 0 Å². The lowest BCUT2D eigenvalue weighted by atomic mass is 9.86. The third kappa shape index (κ3) is 4.67. The van der Waals surface area contributed by atoms with Crippen molar-refractivity contribution in [1.29, 1.82) is 0 Å². The van der Waals surface area contributed by atoms with Crippen LogP contribution < -0.4 is 5.73 Å². The molecule has 2 N–H and O–H groups in total. The Hall–Kier alpha value is -1.35. The lowest BCUT2D eigenvalue weighted by Gasteiger charge is -2.32. The number of carbonyl (C=O) groups is 1. The number of nitrogens with two attached hydrogens (primary N) is 1. The van der Waals surface area contributed by atoms with Crippen LogP contribution >= 0.6 is 0 Å². The molecule has 0 radical (unpaired) electrons. The van der Waals surface area contributed by atoms with Gasteiger partial charge in [-0.2, -0.15) is 0 Å². The molecule has 1 rings (SSSR count). The molecule has 0 fully saturated rings. The Morgan fingerprint density at radius 2 is 1.84 bits per heavy atom. The van der Waals surface area contributed by atoms with Crippen LogP contribution in [-0.2, 0) is 11.3 Å². The number of hydrogen-bond acceptors (Lipinski definition) is 2. The molecule has 0 saturated carbocycles. The molecule has 0 aliphatic heterocycles. The number of benzene rings is 1. The molecule has 1 aromatic carbocycles. The standard InChI is InChI=1S/C16H26N2O/c1-5-11-18(12-13-9-7-6-8-10-13)15(19)14(17)16(2,3)4/h6-10,14H,5,11-12,17H2,1-4H3. The quantitative estimate of drug-likeness (QED) is 0.887. The highest BCUT2D eigenvalue weighted by Gasteiger charge is 2.30. The molecule has 1 amide bonds. The Morgan fingerprint density at radius 3 is 2.32 bits per heavy atom. The monoisotopic (exact) mass is 262 g/mol. The molecular weight excluding hydrogens is 236 g/mol. The maximum atomic E-state index is 12.5. The highest BCUT2D eigenvalue weighted by atomic mass is 16.2. The fourth-order valence-electron chi connectivity index (χ4n) is 1.91. The van der Waals surface area contributed by atoms with Crippen molar-refractivity contribution < 1.29 is 4.79 Å². The second-order valence-corrected chi connectivity index (χ2v) is 6.09. The second-order valence-electron chi connectivity index (χ2n) is 6.09. The number of nitrogens with zero attached hydrogens (tertiary/aromatic N) is 1. The van der Waals surface area contributed by atoms with Crippen LogP contribution in [0.3, 0.4) is 0 Å². The summed E-state index contributed by atoms with van der Waals surface area (Å²) in [5.41, 5.74) is 7.02. The molecule has 0 aromatic heterocycles. The maximum Gasteiger partial charge on any atom is 0.240 e. The summed E-state index contributed by atoms with van der Waals surface area (Å²) in [5.74, 6) is 0.0400. The fraction of sp³-hybridized carbons (Fsp3) is 0.562. The molecule has 0 heterocycles. The molecular formula is C16H26N2O. The number of carbonyl (C=O) groups excluding carboxylic acids is 1. The van der Waals surface area contributed by atoms with Crippen molar-refractivity contribution in [3.8, 4) is 0 Å². The van der Waals surface area contributed by atoms with Crippen molar-refractivity contribution in [2.45, 2.75) is 46.7 Å². The predicted molar refractivity (Wildman–Crippen MR) is 79.6 cm³/mol. The largest absolute Gasteiger partial charge is 0.337 e. The van der Waals surface area contributed by atoms with Crippen LogP contribution in [0.1, 0.15) is 39.7 Å². The molecule has 1 atom stereocenters. The minimum Gasteiger partial charge on any atom is -0.337 e. The molecule has 3 heteroatoms. The van der Waals surface area contributed by atoms with Crippen LogP contribution in [0.15, 0.2) is 30.3 Å². The molecule has 0 aliphatic rings. The third-order valence-corrected chi connectivity index (χ3v) is 3.22. The first kappa shape index (κ1) is 15.7. The van der Waals surface area contributed by atoms with E-state index in [1.54, 1.807) is 0 Å². The van der Waals surface area contributed by atoms with E-state index >= 15 is 0 Å². The van der Waals surface area contributed by atoms with Gasteiger partial charge in [0.15, 0.2) is 0 Å². The zero-order valence-electron chi connectivity index (χ0n) is 12.5. The number of amides is 1. The zero-order valence-corrected chi connectivity index (χ0v) is 12.5. The molecule has 0 aliphatic carbocycles. The van der Waals surface area contributed by atoms with E-state index in [0.717, 1.165) is 18.5 Å². The molecule has 106 valence electrons. The van der Waals surface area contributed by atoms with E-state index in [2.05, 4.69) is 6.92 Å². The second kappa shape index (κ2) is 6.71. The van der Waals surface area contributed by atoms with E-state index in [1.165, 1.54) is 0 Å². The van der Waals surface area contributed by atoms with Crippen LogP contribution in [0.25, 0.3) is 0 Å². The minimum atomic E-state index is -0.456.